The number of anilines is 1. The molecule has 1 atom stereocenters. The second-order valence-electron chi connectivity index (χ2n) is 4.79. The van der Waals surface area contributed by atoms with Crippen molar-refractivity contribution in [3.8, 4) is 0 Å². The molecule has 122 valence electrons. The van der Waals surface area contributed by atoms with Crippen LogP contribution in [-0.2, 0) is 4.79 Å². The monoisotopic (exact) mass is 342 g/mol. The predicted molar refractivity (Wildman–Crippen MR) is 80.1 cm³/mol. The summed E-state index contributed by atoms with van der Waals surface area (Å²) in [5, 5.41) is 11.4. The maximum atomic E-state index is 12.7. The number of nitrogens with one attached hydrogen (secondary N) is 1. The van der Waals surface area contributed by atoms with Crippen molar-refractivity contribution in [3.63, 3.8) is 0 Å². The second kappa shape index (κ2) is 6.59. The first-order valence-corrected chi connectivity index (χ1v) is 7.32. The predicted octanol–water partition coefficient (Wildman–Crippen LogP) is 3.48. The largest absolute Gasteiger partial charge is 0.426 e. The van der Waals surface area contributed by atoms with Gasteiger partial charge in [0.2, 0.25) is 5.60 Å². The number of rotatable bonds is 4. The second-order valence-corrected chi connectivity index (χ2v) is 5.90. The number of aliphatic hydroxyl groups is 1. The van der Waals surface area contributed by atoms with E-state index in [1.54, 1.807) is 12.1 Å². The van der Waals surface area contributed by atoms with Crippen molar-refractivity contribution in [2.45, 2.75) is 28.5 Å². The van der Waals surface area contributed by atoms with Crippen LogP contribution in [0.4, 0.5) is 19.0 Å². The van der Waals surface area contributed by atoms with E-state index in [4.69, 9.17) is 0 Å². The molecule has 0 aliphatic heterocycles. The van der Waals surface area contributed by atoms with Gasteiger partial charge in [0.25, 0.3) is 5.91 Å². The molecule has 1 unspecified atom stereocenters. The summed E-state index contributed by atoms with van der Waals surface area (Å²) >= 11 is 1.23. The third-order valence-electron chi connectivity index (χ3n) is 2.97. The van der Waals surface area contributed by atoms with Crippen LogP contribution in [0.5, 0.6) is 0 Å². The maximum absolute atomic E-state index is 12.7. The number of carbonyl (C=O) groups is 1. The Morgan fingerprint density at radius 3 is 2.43 bits per heavy atom. The number of carbonyl (C=O) groups excluding carboxylic acids is 1. The first kappa shape index (κ1) is 17.3. The minimum absolute atomic E-state index is 0.0455. The summed E-state index contributed by atoms with van der Waals surface area (Å²) in [5.74, 6) is -1.63. The molecule has 1 amide bonds. The van der Waals surface area contributed by atoms with Gasteiger partial charge in [-0.3, -0.25) is 4.79 Å². The van der Waals surface area contributed by atoms with Crippen LogP contribution >= 0.6 is 11.8 Å². The standard InChI is InChI=1S/C15H13F3N2O2S/c1-14(22,15(16,17)18)13(21)20-12-11(8-5-9-19-12)23-10-6-3-2-4-7-10/h2-9,22H,1H3,(H,19,20,21). The minimum atomic E-state index is -5.08. The van der Waals surface area contributed by atoms with Crippen LogP contribution in [-0.4, -0.2) is 27.8 Å². The highest BCUT2D eigenvalue weighted by molar-refractivity contribution is 7.99. The van der Waals surface area contributed by atoms with Crippen molar-refractivity contribution in [1.82, 2.24) is 4.98 Å². The molecule has 0 bridgehead atoms. The van der Waals surface area contributed by atoms with Crippen LogP contribution in [0.15, 0.2) is 58.5 Å². The quantitative estimate of drug-likeness (QED) is 0.893. The fraction of sp³-hybridized carbons (Fsp3) is 0.200. The van der Waals surface area contributed by atoms with Gasteiger partial charge in [-0.2, -0.15) is 13.2 Å². The number of aromatic nitrogens is 1. The number of hydrogen-bond donors (Lipinski definition) is 2. The number of halogens is 3. The molecule has 0 radical (unpaired) electrons. The van der Waals surface area contributed by atoms with Gasteiger partial charge >= 0.3 is 6.18 Å². The summed E-state index contributed by atoms with van der Waals surface area (Å²) in [7, 11) is 0. The Hall–Kier alpha value is -2.06. The molecule has 2 aromatic rings. The Bertz CT molecular complexity index is 691. The first-order valence-electron chi connectivity index (χ1n) is 6.50. The highest BCUT2D eigenvalue weighted by atomic mass is 32.2. The van der Waals surface area contributed by atoms with E-state index in [1.165, 1.54) is 18.0 Å². The Balaban J connectivity index is 2.23. The molecule has 4 nitrogen and oxygen atoms in total. The molecule has 1 aromatic carbocycles. The number of nitrogens with zero attached hydrogens (tertiary/aromatic N) is 1. The number of amides is 1. The van der Waals surface area contributed by atoms with E-state index in [-0.39, 0.29) is 5.82 Å². The summed E-state index contributed by atoms with van der Waals surface area (Å²) in [4.78, 5) is 16.9. The third kappa shape index (κ3) is 4.02. The normalized spacial score (nSPS) is 14.1. The van der Waals surface area contributed by atoms with Crippen molar-refractivity contribution in [2.75, 3.05) is 5.32 Å². The zero-order chi connectivity index (χ0) is 17.1. The lowest BCUT2D eigenvalue weighted by molar-refractivity contribution is -0.242. The summed E-state index contributed by atoms with van der Waals surface area (Å²) in [6.07, 6.45) is -3.74. The Labute approximate surface area is 134 Å². The lowest BCUT2D eigenvalue weighted by Gasteiger charge is -2.25. The van der Waals surface area contributed by atoms with E-state index in [0.29, 0.717) is 11.8 Å². The van der Waals surface area contributed by atoms with Crippen molar-refractivity contribution in [2.24, 2.45) is 0 Å². The molecule has 0 fully saturated rings. The molecule has 2 N–H and O–H groups in total. The first-order chi connectivity index (χ1) is 10.7. The van der Waals surface area contributed by atoms with E-state index in [9.17, 15) is 23.1 Å². The highest BCUT2D eigenvalue weighted by Gasteiger charge is 2.55. The molecular weight excluding hydrogens is 329 g/mol. The van der Waals surface area contributed by atoms with Crippen LogP contribution in [0.25, 0.3) is 0 Å². The molecule has 1 heterocycles. The Kier molecular flexibility index (Phi) is 4.96. The molecular formula is C15H13F3N2O2S. The van der Waals surface area contributed by atoms with Gasteiger partial charge in [-0.15, -0.1) is 0 Å². The van der Waals surface area contributed by atoms with Crippen molar-refractivity contribution >= 4 is 23.5 Å². The van der Waals surface area contributed by atoms with E-state index < -0.39 is 17.7 Å². The number of hydrogen-bond acceptors (Lipinski definition) is 4. The fourth-order valence-electron chi connectivity index (χ4n) is 1.54. The minimum Gasteiger partial charge on any atom is -0.373 e. The zero-order valence-electron chi connectivity index (χ0n) is 12.0. The Morgan fingerprint density at radius 2 is 1.83 bits per heavy atom. The van der Waals surface area contributed by atoms with Gasteiger partial charge in [-0.1, -0.05) is 30.0 Å². The topological polar surface area (TPSA) is 62.2 Å². The van der Waals surface area contributed by atoms with E-state index in [2.05, 4.69) is 4.98 Å². The van der Waals surface area contributed by atoms with Crippen LogP contribution in [0.3, 0.4) is 0 Å². The molecule has 0 saturated heterocycles. The summed E-state index contributed by atoms with van der Waals surface area (Å²) in [6.45, 7) is 0.398. The van der Waals surface area contributed by atoms with Gasteiger partial charge in [-0.25, -0.2) is 4.98 Å². The maximum Gasteiger partial charge on any atom is 0.426 e. The number of alkyl halides is 3. The number of pyridine rings is 1. The molecule has 1 aromatic heterocycles. The Morgan fingerprint density at radius 1 is 1.17 bits per heavy atom. The van der Waals surface area contributed by atoms with Crippen LogP contribution in [0.1, 0.15) is 6.92 Å². The van der Waals surface area contributed by atoms with Gasteiger partial charge in [-0.05, 0) is 31.2 Å². The smallest absolute Gasteiger partial charge is 0.373 e. The van der Waals surface area contributed by atoms with Crippen LogP contribution in [0.2, 0.25) is 0 Å². The van der Waals surface area contributed by atoms with Crippen molar-refractivity contribution in [3.05, 3.63) is 48.7 Å². The zero-order valence-corrected chi connectivity index (χ0v) is 12.8. The van der Waals surface area contributed by atoms with E-state index in [0.717, 1.165) is 4.90 Å². The highest BCUT2D eigenvalue weighted by Crippen LogP contribution is 2.34. The average Bonchev–Trinajstić information content (AvgIpc) is 2.49. The van der Waals surface area contributed by atoms with Gasteiger partial charge in [0.05, 0.1) is 4.90 Å². The van der Waals surface area contributed by atoms with E-state index >= 15 is 0 Å². The number of benzene rings is 1. The molecule has 2 rings (SSSR count). The molecule has 0 aliphatic rings. The van der Waals surface area contributed by atoms with E-state index in [1.807, 2.05) is 35.6 Å². The van der Waals surface area contributed by atoms with Crippen LogP contribution in [0, 0.1) is 0 Å². The molecule has 0 aliphatic carbocycles. The molecule has 8 heteroatoms. The van der Waals surface area contributed by atoms with Crippen molar-refractivity contribution in [1.29, 1.82) is 0 Å². The lowest BCUT2D eigenvalue weighted by atomic mass is 10.1. The molecule has 23 heavy (non-hydrogen) atoms. The fourth-order valence-corrected chi connectivity index (χ4v) is 2.43. The summed E-state index contributed by atoms with van der Waals surface area (Å²) in [6, 6.07) is 12.3. The van der Waals surface area contributed by atoms with Gasteiger partial charge < -0.3 is 10.4 Å². The van der Waals surface area contributed by atoms with Gasteiger partial charge in [0.1, 0.15) is 5.82 Å². The summed E-state index contributed by atoms with van der Waals surface area (Å²) < 4.78 is 38.1. The average molecular weight is 342 g/mol. The SMILES string of the molecule is CC(O)(C(=O)Nc1ncccc1Sc1ccccc1)C(F)(F)F. The van der Waals surface area contributed by atoms with Crippen LogP contribution < -0.4 is 5.32 Å². The third-order valence-corrected chi connectivity index (χ3v) is 4.02. The van der Waals surface area contributed by atoms with Gasteiger partial charge in [0, 0.05) is 11.1 Å². The van der Waals surface area contributed by atoms with Crippen molar-refractivity contribution < 1.29 is 23.1 Å². The lowest BCUT2D eigenvalue weighted by Crippen LogP contribution is -2.52. The molecule has 0 spiro atoms. The van der Waals surface area contributed by atoms with Gasteiger partial charge in [0.15, 0.2) is 0 Å². The molecule has 0 saturated carbocycles. The summed E-state index contributed by atoms with van der Waals surface area (Å²) in [5.41, 5.74) is -3.50.